The predicted octanol–water partition coefficient (Wildman–Crippen LogP) is 3.92. The van der Waals surface area contributed by atoms with E-state index in [0.717, 1.165) is 6.42 Å². The largest absolute Gasteiger partial charge is 0.273 e. The molecule has 0 saturated heterocycles. The van der Waals surface area contributed by atoms with Crippen LogP contribution in [0.25, 0.3) is 0 Å². The molecule has 0 fully saturated rings. The number of aryl methyl sites for hydroxylation is 3. The van der Waals surface area contributed by atoms with Gasteiger partial charge in [0.25, 0.3) is 0 Å². The van der Waals surface area contributed by atoms with Gasteiger partial charge in [0.1, 0.15) is 0 Å². The van der Waals surface area contributed by atoms with Gasteiger partial charge in [-0.15, -0.1) is 6.42 Å². The molecule has 0 heterocycles. The van der Waals surface area contributed by atoms with Crippen LogP contribution in [0.2, 0.25) is 0 Å². The molecule has 1 aromatic rings. The number of benzene rings is 1. The Morgan fingerprint density at radius 3 is 1.60 bits per heavy atom. The summed E-state index contributed by atoms with van der Waals surface area (Å²) in [5.74, 6) is 0. The van der Waals surface area contributed by atoms with E-state index in [2.05, 4.69) is 51.1 Å². The molecule has 2 rings (SSSR count). The molecule has 15 heavy (non-hydrogen) atoms. The van der Waals surface area contributed by atoms with Crippen LogP contribution in [-0.2, 0) is 17.1 Å². The molecule has 1 aliphatic rings. The molecular formula is C14H17Fe-. The Morgan fingerprint density at radius 1 is 0.933 bits per heavy atom. The van der Waals surface area contributed by atoms with Crippen molar-refractivity contribution in [1.82, 2.24) is 0 Å². The van der Waals surface area contributed by atoms with Crippen LogP contribution >= 0.6 is 0 Å². The van der Waals surface area contributed by atoms with Gasteiger partial charge in [0.15, 0.2) is 0 Å². The Balaban J connectivity index is 0.000000280. The first kappa shape index (κ1) is 14.2. The van der Waals surface area contributed by atoms with Gasteiger partial charge in [-0.25, -0.2) is 12.2 Å². The van der Waals surface area contributed by atoms with Gasteiger partial charge in [0, 0.05) is 17.1 Å². The van der Waals surface area contributed by atoms with Gasteiger partial charge in [-0.05, 0) is 20.8 Å². The van der Waals surface area contributed by atoms with Gasteiger partial charge >= 0.3 is 0 Å². The Morgan fingerprint density at radius 2 is 1.40 bits per heavy atom. The van der Waals surface area contributed by atoms with Crippen LogP contribution in [0.3, 0.4) is 0 Å². The Labute approximate surface area is 104 Å². The van der Waals surface area contributed by atoms with E-state index < -0.39 is 0 Å². The van der Waals surface area contributed by atoms with Crippen LogP contribution in [-0.4, -0.2) is 0 Å². The van der Waals surface area contributed by atoms with Crippen molar-refractivity contribution in [2.24, 2.45) is 0 Å². The van der Waals surface area contributed by atoms with Crippen LogP contribution in [0.5, 0.6) is 0 Å². The summed E-state index contributed by atoms with van der Waals surface area (Å²) in [6.07, 6.45) is 10.0. The molecule has 1 aliphatic carbocycles. The van der Waals surface area contributed by atoms with Gasteiger partial charge in [-0.1, -0.05) is 34.9 Å². The summed E-state index contributed by atoms with van der Waals surface area (Å²) >= 11 is 0. The van der Waals surface area contributed by atoms with E-state index in [1.807, 2.05) is 12.2 Å². The number of hydrogen-bond donors (Lipinski definition) is 0. The second-order valence-corrected chi connectivity index (χ2v) is 3.67. The molecule has 0 radical (unpaired) electrons. The molecule has 0 aliphatic heterocycles. The fraction of sp³-hybridized carbons (Fsp3) is 0.286. The van der Waals surface area contributed by atoms with Crippen molar-refractivity contribution in [3.8, 4) is 0 Å². The Hall–Kier alpha value is -0.781. The fourth-order valence-electron chi connectivity index (χ4n) is 1.54. The second-order valence-electron chi connectivity index (χ2n) is 3.67. The molecule has 0 amide bonds. The second kappa shape index (κ2) is 7.50. The number of hydrogen-bond acceptors (Lipinski definition) is 0. The van der Waals surface area contributed by atoms with Crippen LogP contribution in [0.15, 0.2) is 36.4 Å². The molecule has 0 N–H and O–H groups in total. The van der Waals surface area contributed by atoms with Gasteiger partial charge < -0.3 is 0 Å². The van der Waals surface area contributed by atoms with Crippen molar-refractivity contribution in [1.29, 1.82) is 0 Å². The average molecular weight is 241 g/mol. The summed E-state index contributed by atoms with van der Waals surface area (Å²) in [7, 11) is 0. The summed E-state index contributed by atoms with van der Waals surface area (Å²) < 4.78 is 0. The van der Waals surface area contributed by atoms with Crippen molar-refractivity contribution in [3.05, 3.63) is 59.2 Å². The van der Waals surface area contributed by atoms with Crippen LogP contribution in [0.1, 0.15) is 23.1 Å². The molecule has 0 nitrogen and oxygen atoms in total. The SMILES string of the molecule is Cc1cc(C)cc(C)c1.[C-]1=CC=CC1.[Fe]. The molecule has 82 valence electrons. The fourth-order valence-corrected chi connectivity index (χ4v) is 1.54. The van der Waals surface area contributed by atoms with Crippen molar-refractivity contribution in [3.63, 3.8) is 0 Å². The smallest absolute Gasteiger partial charge is 0 e. The van der Waals surface area contributed by atoms with Crippen LogP contribution in [0, 0.1) is 26.8 Å². The van der Waals surface area contributed by atoms with Gasteiger partial charge in [0.05, 0.1) is 0 Å². The van der Waals surface area contributed by atoms with E-state index >= 15 is 0 Å². The first-order valence-electron chi connectivity index (χ1n) is 4.95. The van der Waals surface area contributed by atoms with E-state index in [0.29, 0.717) is 0 Å². The molecule has 1 heteroatoms. The zero-order valence-corrected chi connectivity index (χ0v) is 10.6. The first-order valence-corrected chi connectivity index (χ1v) is 4.95. The summed E-state index contributed by atoms with van der Waals surface area (Å²) in [6.45, 7) is 6.38. The van der Waals surface area contributed by atoms with E-state index in [1.54, 1.807) is 0 Å². The van der Waals surface area contributed by atoms with Crippen molar-refractivity contribution in [2.45, 2.75) is 27.2 Å². The van der Waals surface area contributed by atoms with Gasteiger partial charge in [0.2, 0.25) is 0 Å². The minimum atomic E-state index is 0. The van der Waals surface area contributed by atoms with E-state index in [1.165, 1.54) is 16.7 Å². The first-order chi connectivity index (χ1) is 6.68. The van der Waals surface area contributed by atoms with Gasteiger partial charge in [-0.3, -0.25) is 6.08 Å². The number of allylic oxidation sites excluding steroid dienone is 4. The normalized spacial score (nSPS) is 11.7. The maximum Gasteiger partial charge on any atom is 0 e. The average Bonchev–Trinajstić information content (AvgIpc) is 2.56. The standard InChI is InChI=1S/C9H12.C5H5.Fe/c1-7-4-8(2)6-9(3)5-7;1-2-4-5-3-1;/h4-6H,1-3H3;1-3H,4H2;/q;-1;. The monoisotopic (exact) mass is 241 g/mol. The third-order valence-corrected chi connectivity index (χ3v) is 1.95. The van der Waals surface area contributed by atoms with E-state index in [4.69, 9.17) is 0 Å². The molecule has 0 bridgehead atoms. The maximum absolute atomic E-state index is 2.99. The number of rotatable bonds is 0. The minimum Gasteiger partial charge on any atom is -0.273 e. The van der Waals surface area contributed by atoms with Crippen LogP contribution < -0.4 is 0 Å². The quantitative estimate of drug-likeness (QED) is 0.477. The molecule has 0 saturated carbocycles. The summed E-state index contributed by atoms with van der Waals surface area (Å²) in [6, 6.07) is 6.56. The minimum absolute atomic E-state index is 0. The Bertz CT molecular complexity index is 288. The predicted molar refractivity (Wildman–Crippen MR) is 62.2 cm³/mol. The molecule has 0 unspecified atom stereocenters. The molecule has 1 aromatic carbocycles. The third kappa shape index (κ3) is 6.33. The third-order valence-electron chi connectivity index (χ3n) is 1.95. The topological polar surface area (TPSA) is 0 Å². The zero-order chi connectivity index (χ0) is 10.4. The molecule has 0 spiro atoms. The summed E-state index contributed by atoms with van der Waals surface area (Å²) in [5, 5.41) is 0. The Kier molecular flexibility index (Phi) is 7.11. The van der Waals surface area contributed by atoms with Crippen molar-refractivity contribution in [2.75, 3.05) is 0 Å². The van der Waals surface area contributed by atoms with Crippen molar-refractivity contribution >= 4 is 0 Å². The van der Waals surface area contributed by atoms with E-state index in [-0.39, 0.29) is 17.1 Å². The summed E-state index contributed by atoms with van der Waals surface area (Å²) in [4.78, 5) is 0. The van der Waals surface area contributed by atoms with Gasteiger partial charge in [-0.2, -0.15) is 6.08 Å². The maximum atomic E-state index is 2.99. The van der Waals surface area contributed by atoms with Crippen molar-refractivity contribution < 1.29 is 17.1 Å². The zero-order valence-electron chi connectivity index (χ0n) is 9.52. The molecule has 0 atom stereocenters. The van der Waals surface area contributed by atoms with Crippen LogP contribution in [0.4, 0.5) is 0 Å². The molecular weight excluding hydrogens is 224 g/mol. The van der Waals surface area contributed by atoms with E-state index in [9.17, 15) is 0 Å². The molecule has 0 aromatic heterocycles. The summed E-state index contributed by atoms with van der Waals surface area (Å²) in [5.41, 5.74) is 4.06.